The maximum Gasteiger partial charge on any atom is 0.338 e. The van der Waals surface area contributed by atoms with Crippen molar-refractivity contribution in [2.24, 2.45) is 0 Å². The number of carbonyl (C=O) groups is 3. The predicted molar refractivity (Wildman–Crippen MR) is 113 cm³/mol. The number of amides is 2. The topological polar surface area (TPSA) is 103 Å². The molecule has 1 N–H and O–H groups in total. The highest BCUT2D eigenvalue weighted by molar-refractivity contribution is 5.94. The lowest BCUT2D eigenvalue weighted by atomic mass is 10.2. The summed E-state index contributed by atoms with van der Waals surface area (Å²) in [6.07, 6.45) is -0.251. The van der Waals surface area contributed by atoms with E-state index in [0.29, 0.717) is 12.2 Å². The zero-order chi connectivity index (χ0) is 22.1. The van der Waals surface area contributed by atoms with Gasteiger partial charge in [0.1, 0.15) is 6.42 Å². The number of nitrogens with one attached hydrogen (secondary N) is 1. The SMILES string of the molecule is CN(Cc1ccc(N(C)C)cc1)C(=O)COC(=O)c1ccc(NC(=O)CC#N)cc1. The van der Waals surface area contributed by atoms with Gasteiger partial charge in [-0.3, -0.25) is 9.59 Å². The monoisotopic (exact) mass is 408 g/mol. The van der Waals surface area contributed by atoms with Gasteiger partial charge in [0, 0.05) is 39.1 Å². The summed E-state index contributed by atoms with van der Waals surface area (Å²) in [5, 5.41) is 11.0. The van der Waals surface area contributed by atoms with E-state index in [4.69, 9.17) is 10.00 Å². The van der Waals surface area contributed by atoms with Crippen molar-refractivity contribution in [3.8, 4) is 6.07 Å². The Morgan fingerprint density at radius 1 is 1.00 bits per heavy atom. The predicted octanol–water partition coefficient (Wildman–Crippen LogP) is 2.42. The lowest BCUT2D eigenvalue weighted by molar-refractivity contribution is -0.133. The van der Waals surface area contributed by atoms with E-state index >= 15 is 0 Å². The van der Waals surface area contributed by atoms with E-state index in [2.05, 4.69) is 5.32 Å². The average Bonchev–Trinajstić information content (AvgIpc) is 2.72. The van der Waals surface area contributed by atoms with Crippen LogP contribution in [0, 0.1) is 11.3 Å². The number of nitrogens with zero attached hydrogens (tertiary/aromatic N) is 3. The number of ether oxygens (including phenoxy) is 1. The van der Waals surface area contributed by atoms with Crippen molar-refractivity contribution in [2.75, 3.05) is 38.0 Å². The molecule has 0 bridgehead atoms. The maximum atomic E-state index is 12.3. The number of benzene rings is 2. The molecule has 0 heterocycles. The Morgan fingerprint density at radius 2 is 1.63 bits per heavy atom. The van der Waals surface area contributed by atoms with E-state index in [-0.39, 0.29) is 24.5 Å². The van der Waals surface area contributed by atoms with Crippen molar-refractivity contribution in [2.45, 2.75) is 13.0 Å². The summed E-state index contributed by atoms with van der Waals surface area (Å²) in [5.74, 6) is -1.39. The van der Waals surface area contributed by atoms with Crippen molar-refractivity contribution in [3.05, 3.63) is 59.7 Å². The highest BCUT2D eigenvalue weighted by Gasteiger charge is 2.14. The number of hydrogen-bond acceptors (Lipinski definition) is 6. The van der Waals surface area contributed by atoms with Gasteiger partial charge in [-0.05, 0) is 42.0 Å². The lowest BCUT2D eigenvalue weighted by Gasteiger charge is -2.18. The van der Waals surface area contributed by atoms with Gasteiger partial charge in [0.15, 0.2) is 6.61 Å². The van der Waals surface area contributed by atoms with Crippen LogP contribution >= 0.6 is 0 Å². The molecule has 0 aliphatic heterocycles. The molecule has 0 saturated carbocycles. The second-order valence-electron chi connectivity index (χ2n) is 6.85. The molecule has 0 fully saturated rings. The number of rotatable bonds is 8. The van der Waals surface area contributed by atoms with Gasteiger partial charge in [0.2, 0.25) is 5.91 Å². The van der Waals surface area contributed by atoms with Crippen molar-refractivity contribution < 1.29 is 19.1 Å². The molecule has 2 aromatic carbocycles. The molecule has 2 aromatic rings. The summed E-state index contributed by atoms with van der Waals surface area (Å²) in [7, 11) is 5.56. The maximum absolute atomic E-state index is 12.3. The highest BCUT2D eigenvalue weighted by Crippen LogP contribution is 2.14. The first-order chi connectivity index (χ1) is 14.3. The van der Waals surface area contributed by atoms with Crippen LogP contribution in [-0.2, 0) is 20.9 Å². The van der Waals surface area contributed by atoms with Crippen LogP contribution in [0.15, 0.2) is 48.5 Å². The molecule has 0 unspecified atom stereocenters. The molecule has 2 amide bonds. The third-order valence-electron chi connectivity index (χ3n) is 4.27. The number of hydrogen-bond donors (Lipinski definition) is 1. The first-order valence-corrected chi connectivity index (χ1v) is 9.24. The van der Waals surface area contributed by atoms with Crippen LogP contribution in [0.5, 0.6) is 0 Å². The minimum absolute atomic E-state index is 0.251. The average molecular weight is 408 g/mol. The van der Waals surface area contributed by atoms with Crippen LogP contribution in [0.25, 0.3) is 0 Å². The van der Waals surface area contributed by atoms with Crippen LogP contribution in [0.3, 0.4) is 0 Å². The Labute approximate surface area is 175 Å². The van der Waals surface area contributed by atoms with Gasteiger partial charge >= 0.3 is 5.97 Å². The molecular formula is C22H24N4O4. The molecule has 0 aromatic heterocycles. The van der Waals surface area contributed by atoms with Crippen molar-refractivity contribution in [1.29, 1.82) is 5.26 Å². The molecule has 8 nitrogen and oxygen atoms in total. The fraction of sp³-hybridized carbons (Fsp3) is 0.273. The molecule has 30 heavy (non-hydrogen) atoms. The Hall–Kier alpha value is -3.86. The van der Waals surface area contributed by atoms with E-state index < -0.39 is 11.9 Å². The minimum Gasteiger partial charge on any atom is -0.452 e. The molecular weight excluding hydrogens is 384 g/mol. The van der Waals surface area contributed by atoms with Crippen LogP contribution in [0.2, 0.25) is 0 Å². The van der Waals surface area contributed by atoms with E-state index in [0.717, 1.165) is 11.3 Å². The van der Waals surface area contributed by atoms with Gasteiger partial charge in [0.05, 0.1) is 11.6 Å². The number of likely N-dealkylation sites (N-methyl/N-ethyl adjacent to an activating group) is 1. The largest absolute Gasteiger partial charge is 0.452 e. The van der Waals surface area contributed by atoms with Crippen molar-refractivity contribution >= 4 is 29.2 Å². The van der Waals surface area contributed by atoms with Crippen LogP contribution in [-0.4, -0.2) is 50.4 Å². The Balaban J connectivity index is 1.83. The first kappa shape index (κ1) is 22.4. The summed E-state index contributed by atoms with van der Waals surface area (Å²) in [5.41, 5.74) is 2.75. The third kappa shape index (κ3) is 6.63. The zero-order valence-electron chi connectivity index (χ0n) is 17.2. The van der Waals surface area contributed by atoms with Crippen molar-refractivity contribution in [1.82, 2.24) is 4.90 Å². The summed E-state index contributed by atoms with van der Waals surface area (Å²) >= 11 is 0. The fourth-order valence-electron chi connectivity index (χ4n) is 2.55. The number of esters is 1. The van der Waals surface area contributed by atoms with Gasteiger partial charge < -0.3 is 19.9 Å². The second-order valence-corrected chi connectivity index (χ2v) is 6.85. The smallest absolute Gasteiger partial charge is 0.338 e. The van der Waals surface area contributed by atoms with Crippen LogP contribution < -0.4 is 10.2 Å². The third-order valence-corrected chi connectivity index (χ3v) is 4.27. The molecule has 0 spiro atoms. The number of carbonyl (C=O) groups excluding carboxylic acids is 3. The van der Waals surface area contributed by atoms with Crippen LogP contribution in [0.4, 0.5) is 11.4 Å². The zero-order valence-corrected chi connectivity index (χ0v) is 17.2. The van der Waals surface area contributed by atoms with Crippen molar-refractivity contribution in [3.63, 3.8) is 0 Å². The van der Waals surface area contributed by atoms with Gasteiger partial charge in [-0.1, -0.05) is 12.1 Å². The quantitative estimate of drug-likeness (QED) is 0.673. The molecule has 0 aliphatic rings. The van der Waals surface area contributed by atoms with Gasteiger partial charge in [0.25, 0.3) is 5.91 Å². The molecule has 0 saturated heterocycles. The Morgan fingerprint density at radius 3 is 2.20 bits per heavy atom. The summed E-state index contributed by atoms with van der Waals surface area (Å²) in [6, 6.07) is 15.6. The first-order valence-electron chi connectivity index (χ1n) is 9.24. The standard InChI is InChI=1S/C22H24N4O4/c1-25(2)19-10-4-16(5-11-19)14-26(3)21(28)15-30-22(29)17-6-8-18(9-7-17)24-20(27)12-13-23/h4-11H,12,14-15H2,1-3H3,(H,24,27). The van der Waals surface area contributed by atoms with E-state index in [1.807, 2.05) is 43.3 Å². The van der Waals surface area contributed by atoms with Gasteiger partial charge in [-0.15, -0.1) is 0 Å². The summed E-state index contributed by atoms with van der Waals surface area (Å²) in [6.45, 7) is 0.0347. The number of nitriles is 1. The molecule has 8 heteroatoms. The molecule has 0 radical (unpaired) electrons. The molecule has 0 aliphatic carbocycles. The molecule has 156 valence electrons. The van der Waals surface area contributed by atoms with E-state index in [1.54, 1.807) is 13.1 Å². The van der Waals surface area contributed by atoms with E-state index in [9.17, 15) is 14.4 Å². The lowest BCUT2D eigenvalue weighted by Crippen LogP contribution is -2.30. The highest BCUT2D eigenvalue weighted by atomic mass is 16.5. The molecule has 2 rings (SSSR count). The Bertz CT molecular complexity index is 931. The van der Waals surface area contributed by atoms with E-state index in [1.165, 1.54) is 29.2 Å². The number of anilines is 2. The van der Waals surface area contributed by atoms with Crippen LogP contribution in [0.1, 0.15) is 22.3 Å². The normalized spacial score (nSPS) is 9.93. The fourth-order valence-corrected chi connectivity index (χ4v) is 2.55. The molecule has 0 atom stereocenters. The van der Waals surface area contributed by atoms with Gasteiger partial charge in [-0.25, -0.2) is 4.79 Å². The Kier molecular flexibility index (Phi) is 7.94. The van der Waals surface area contributed by atoms with Gasteiger partial charge in [-0.2, -0.15) is 5.26 Å². The second kappa shape index (κ2) is 10.6. The minimum atomic E-state index is -0.637. The summed E-state index contributed by atoms with van der Waals surface area (Å²) in [4.78, 5) is 39.3. The summed E-state index contributed by atoms with van der Waals surface area (Å²) < 4.78 is 5.09.